The van der Waals surface area contributed by atoms with E-state index in [-0.39, 0.29) is 12.4 Å². The van der Waals surface area contributed by atoms with Gasteiger partial charge in [0.1, 0.15) is 18.0 Å². The van der Waals surface area contributed by atoms with Gasteiger partial charge in [0.25, 0.3) is 0 Å². The van der Waals surface area contributed by atoms with Crippen molar-refractivity contribution >= 4 is 33.3 Å². The van der Waals surface area contributed by atoms with Crippen molar-refractivity contribution in [1.29, 1.82) is 0 Å². The van der Waals surface area contributed by atoms with Crippen LogP contribution in [0.2, 0.25) is 0 Å². The number of para-hydroxylation sites is 1. The van der Waals surface area contributed by atoms with Crippen LogP contribution in [0.5, 0.6) is 5.75 Å². The molecule has 0 fully saturated rings. The number of aromatic nitrogens is 5. The highest BCUT2D eigenvalue weighted by molar-refractivity contribution is 7.99. The number of benzene rings is 1. The first-order chi connectivity index (χ1) is 13.3. The molecule has 0 saturated carbocycles. The third-order valence-corrected chi connectivity index (χ3v) is 5.72. The molecule has 0 spiro atoms. The topological polar surface area (TPSA) is 65.7 Å². The van der Waals surface area contributed by atoms with Crippen molar-refractivity contribution < 1.29 is 9.13 Å². The van der Waals surface area contributed by atoms with Gasteiger partial charge in [-0.1, -0.05) is 18.2 Å². The minimum Gasteiger partial charge on any atom is -0.483 e. The van der Waals surface area contributed by atoms with Gasteiger partial charge in [-0.3, -0.25) is 4.57 Å². The summed E-state index contributed by atoms with van der Waals surface area (Å²) in [7, 11) is 0. The Hall–Kier alpha value is -2.78. The van der Waals surface area contributed by atoms with Crippen molar-refractivity contribution in [3.63, 3.8) is 0 Å². The molecule has 3 aromatic heterocycles. The summed E-state index contributed by atoms with van der Waals surface area (Å²) >= 11 is 2.98. The fourth-order valence-electron chi connectivity index (χ4n) is 2.44. The molecule has 0 aliphatic carbocycles. The van der Waals surface area contributed by atoms with Gasteiger partial charge < -0.3 is 4.74 Å². The van der Waals surface area contributed by atoms with Crippen molar-refractivity contribution in [1.82, 2.24) is 24.7 Å². The molecule has 1 aromatic carbocycles. The number of halogens is 1. The lowest BCUT2D eigenvalue weighted by Crippen LogP contribution is -2.08. The van der Waals surface area contributed by atoms with E-state index in [9.17, 15) is 4.39 Å². The Morgan fingerprint density at radius 3 is 2.96 bits per heavy atom. The predicted molar refractivity (Wildman–Crippen MR) is 102 cm³/mol. The molecule has 9 heteroatoms. The highest BCUT2D eigenvalue weighted by atomic mass is 32.2. The highest BCUT2D eigenvalue weighted by Crippen LogP contribution is 2.33. The molecule has 0 amide bonds. The summed E-state index contributed by atoms with van der Waals surface area (Å²) in [6.07, 6.45) is 3.29. The number of nitrogens with zero attached hydrogens (tertiary/aromatic N) is 5. The molecule has 0 bridgehead atoms. The van der Waals surface area contributed by atoms with Gasteiger partial charge >= 0.3 is 0 Å². The quantitative estimate of drug-likeness (QED) is 0.340. The molecule has 4 rings (SSSR count). The van der Waals surface area contributed by atoms with Crippen LogP contribution in [0.4, 0.5) is 4.39 Å². The van der Waals surface area contributed by atoms with E-state index in [1.54, 1.807) is 35.6 Å². The number of hydrogen-bond acceptors (Lipinski definition) is 7. The number of ether oxygens (including phenoxy) is 1. The second-order valence-electron chi connectivity index (χ2n) is 5.43. The molecule has 6 nitrogen and oxygen atoms in total. The standard InChI is InChI=1S/C18H14FN5OS2/c1-2-8-24-15(10-25-14-6-4-3-5-12(14)19)22-23-18(24)27-17-16-13(7-9-26-16)20-11-21-17/h2-7,9,11H,1,8,10H2. The van der Waals surface area contributed by atoms with E-state index in [1.165, 1.54) is 24.2 Å². The van der Waals surface area contributed by atoms with Gasteiger partial charge in [0.15, 0.2) is 22.5 Å². The zero-order valence-corrected chi connectivity index (χ0v) is 15.7. The summed E-state index contributed by atoms with van der Waals surface area (Å²) in [4.78, 5) is 8.61. The number of fused-ring (bicyclic) bond motifs is 1. The summed E-state index contributed by atoms with van der Waals surface area (Å²) in [5.74, 6) is 0.344. The second kappa shape index (κ2) is 7.85. The molecule has 0 unspecified atom stereocenters. The summed E-state index contributed by atoms with van der Waals surface area (Å²) in [5, 5.41) is 11.9. The van der Waals surface area contributed by atoms with Crippen LogP contribution in [-0.4, -0.2) is 24.7 Å². The van der Waals surface area contributed by atoms with Crippen LogP contribution in [0, 0.1) is 5.82 Å². The van der Waals surface area contributed by atoms with Crippen LogP contribution < -0.4 is 4.74 Å². The van der Waals surface area contributed by atoms with Crippen LogP contribution in [-0.2, 0) is 13.2 Å². The van der Waals surface area contributed by atoms with Crippen molar-refractivity contribution in [2.45, 2.75) is 23.3 Å². The van der Waals surface area contributed by atoms with Crippen molar-refractivity contribution in [2.24, 2.45) is 0 Å². The van der Waals surface area contributed by atoms with Gasteiger partial charge in [-0.15, -0.1) is 28.1 Å². The largest absolute Gasteiger partial charge is 0.483 e. The average Bonchev–Trinajstić information content (AvgIpc) is 3.30. The van der Waals surface area contributed by atoms with Gasteiger partial charge in [0, 0.05) is 6.54 Å². The van der Waals surface area contributed by atoms with Crippen molar-refractivity contribution in [3.8, 4) is 5.75 Å². The molecule has 0 saturated heterocycles. The summed E-state index contributed by atoms with van der Waals surface area (Å²) in [6, 6.07) is 8.22. The molecular formula is C18H14FN5OS2. The van der Waals surface area contributed by atoms with E-state index >= 15 is 0 Å². The maximum absolute atomic E-state index is 13.8. The summed E-state index contributed by atoms with van der Waals surface area (Å²) in [5.41, 5.74) is 0.899. The van der Waals surface area contributed by atoms with E-state index < -0.39 is 5.82 Å². The first-order valence-corrected chi connectivity index (χ1v) is 9.72. The molecule has 0 atom stereocenters. The molecule has 0 radical (unpaired) electrons. The molecular weight excluding hydrogens is 385 g/mol. The average molecular weight is 399 g/mol. The fourth-order valence-corrected chi connectivity index (χ4v) is 4.28. The zero-order valence-electron chi connectivity index (χ0n) is 14.1. The number of thiophene rings is 1. The minimum absolute atomic E-state index is 0.0977. The number of rotatable bonds is 7. The Balaban J connectivity index is 1.59. The van der Waals surface area contributed by atoms with Gasteiger partial charge in [0.2, 0.25) is 0 Å². The van der Waals surface area contributed by atoms with Crippen molar-refractivity contribution in [2.75, 3.05) is 0 Å². The molecule has 4 aromatic rings. The van der Waals surface area contributed by atoms with E-state index in [2.05, 4.69) is 26.7 Å². The van der Waals surface area contributed by atoms with Gasteiger partial charge in [-0.05, 0) is 35.3 Å². The predicted octanol–water partition coefficient (Wildman–Crippen LogP) is 4.34. The second-order valence-corrected chi connectivity index (χ2v) is 7.31. The number of hydrogen-bond donors (Lipinski definition) is 0. The molecule has 3 heterocycles. The first-order valence-electron chi connectivity index (χ1n) is 8.02. The smallest absolute Gasteiger partial charge is 0.197 e. The molecule has 0 N–H and O–H groups in total. The Labute approximate surface area is 162 Å². The lowest BCUT2D eigenvalue weighted by atomic mass is 10.3. The van der Waals surface area contributed by atoms with E-state index in [0.717, 1.165) is 15.2 Å². The summed E-state index contributed by atoms with van der Waals surface area (Å²) < 4.78 is 22.2. The SMILES string of the molecule is C=CCn1c(COc2ccccc2F)nnc1Sc1ncnc2ccsc12. The number of allylic oxidation sites excluding steroid dienone is 1. The van der Waals surface area contributed by atoms with Crippen LogP contribution >= 0.6 is 23.1 Å². The maximum atomic E-state index is 13.8. The molecule has 27 heavy (non-hydrogen) atoms. The molecule has 0 aliphatic heterocycles. The molecule has 0 aliphatic rings. The van der Waals surface area contributed by atoms with E-state index in [1.807, 2.05) is 16.0 Å². The normalized spacial score (nSPS) is 11.0. The summed E-state index contributed by atoms with van der Waals surface area (Å²) in [6.45, 7) is 4.39. The minimum atomic E-state index is -0.414. The van der Waals surface area contributed by atoms with Crippen LogP contribution in [0.15, 0.2) is 64.9 Å². The van der Waals surface area contributed by atoms with Gasteiger partial charge in [-0.25, -0.2) is 14.4 Å². The van der Waals surface area contributed by atoms with E-state index in [4.69, 9.17) is 4.74 Å². The Bertz CT molecular complexity index is 1090. The zero-order chi connectivity index (χ0) is 18.6. The lowest BCUT2D eigenvalue weighted by Gasteiger charge is -2.09. The van der Waals surface area contributed by atoms with Crippen LogP contribution in [0.3, 0.4) is 0 Å². The maximum Gasteiger partial charge on any atom is 0.197 e. The van der Waals surface area contributed by atoms with Crippen molar-refractivity contribution in [3.05, 3.63) is 66.3 Å². The monoisotopic (exact) mass is 399 g/mol. The Kier molecular flexibility index (Phi) is 5.12. The van der Waals surface area contributed by atoms with Gasteiger partial charge in [0.05, 0.1) is 10.2 Å². The highest BCUT2D eigenvalue weighted by Gasteiger charge is 2.16. The fraction of sp³-hybridized carbons (Fsp3) is 0.111. The third kappa shape index (κ3) is 3.69. The lowest BCUT2D eigenvalue weighted by molar-refractivity contribution is 0.275. The van der Waals surface area contributed by atoms with E-state index in [0.29, 0.717) is 17.5 Å². The van der Waals surface area contributed by atoms with Gasteiger partial charge in [-0.2, -0.15) is 0 Å². The molecule has 136 valence electrons. The van der Waals surface area contributed by atoms with Crippen LogP contribution in [0.1, 0.15) is 5.82 Å². The third-order valence-electron chi connectivity index (χ3n) is 3.70. The van der Waals surface area contributed by atoms with Crippen LogP contribution in [0.25, 0.3) is 10.2 Å². The Morgan fingerprint density at radius 2 is 2.11 bits per heavy atom. The Morgan fingerprint density at radius 1 is 1.22 bits per heavy atom. The first kappa shape index (κ1) is 17.6.